The minimum absolute atomic E-state index is 0.158. The number of amides is 2. The van der Waals surface area contributed by atoms with Gasteiger partial charge >= 0.3 is 6.09 Å². The summed E-state index contributed by atoms with van der Waals surface area (Å²) < 4.78 is 15.6. The summed E-state index contributed by atoms with van der Waals surface area (Å²) in [5, 5.41) is 13.0. The van der Waals surface area contributed by atoms with Crippen molar-refractivity contribution in [1.82, 2.24) is 10.2 Å². The number of methoxy groups -OCH3 is 1. The molecule has 9 heteroatoms. The second-order valence-electron chi connectivity index (χ2n) is 6.15. The summed E-state index contributed by atoms with van der Waals surface area (Å²) in [4.78, 5) is 23.9. The number of nitrogens with zero attached hydrogens (tertiary/aromatic N) is 1. The first kappa shape index (κ1) is 17.7. The van der Waals surface area contributed by atoms with Crippen molar-refractivity contribution < 1.29 is 23.8 Å². The van der Waals surface area contributed by atoms with E-state index in [0.29, 0.717) is 41.6 Å². The van der Waals surface area contributed by atoms with Crippen LogP contribution in [0.1, 0.15) is 5.56 Å². The molecule has 1 aliphatic rings. The highest BCUT2D eigenvalue weighted by atomic mass is 16.6. The molecule has 0 saturated heterocycles. The van der Waals surface area contributed by atoms with Gasteiger partial charge in [0.05, 0.1) is 19.0 Å². The smallest absolute Gasteiger partial charge is 0.411 e. The third-order valence-electron chi connectivity index (χ3n) is 4.22. The first-order chi connectivity index (χ1) is 13.6. The van der Waals surface area contributed by atoms with E-state index in [0.717, 1.165) is 11.1 Å². The summed E-state index contributed by atoms with van der Waals surface area (Å²) in [6.45, 7) is 1.01. The van der Waals surface area contributed by atoms with Crippen molar-refractivity contribution in [3.05, 3.63) is 42.0 Å². The molecule has 144 valence electrons. The highest BCUT2D eigenvalue weighted by molar-refractivity contribution is 6.02. The quantitative estimate of drug-likeness (QED) is 0.639. The van der Waals surface area contributed by atoms with Crippen LogP contribution in [0.3, 0.4) is 0 Å². The van der Waals surface area contributed by atoms with Gasteiger partial charge in [-0.15, -0.1) is 0 Å². The molecule has 0 fully saturated rings. The SMILES string of the molecule is COC(=O)Nc1ccc2[nH]nc(NC(=O)Cc3ccc4c(c3)OCCO4)c2c1. The zero-order valence-corrected chi connectivity index (χ0v) is 15.1. The van der Waals surface area contributed by atoms with E-state index in [-0.39, 0.29) is 12.3 Å². The highest BCUT2D eigenvalue weighted by Gasteiger charge is 2.15. The van der Waals surface area contributed by atoms with Gasteiger partial charge in [-0.05, 0) is 35.9 Å². The van der Waals surface area contributed by atoms with Crippen LogP contribution in [0.4, 0.5) is 16.3 Å². The number of H-pyrrole nitrogens is 1. The Morgan fingerprint density at radius 3 is 2.75 bits per heavy atom. The molecule has 0 atom stereocenters. The Morgan fingerprint density at radius 2 is 1.93 bits per heavy atom. The number of carbonyl (C=O) groups excluding carboxylic acids is 2. The van der Waals surface area contributed by atoms with Crippen LogP contribution in [0.5, 0.6) is 11.5 Å². The molecule has 4 rings (SSSR count). The fourth-order valence-electron chi connectivity index (χ4n) is 2.92. The molecule has 0 radical (unpaired) electrons. The molecule has 3 aromatic rings. The monoisotopic (exact) mass is 382 g/mol. The van der Waals surface area contributed by atoms with Crippen LogP contribution in [0.2, 0.25) is 0 Å². The van der Waals surface area contributed by atoms with Gasteiger partial charge in [0.15, 0.2) is 17.3 Å². The topological polar surface area (TPSA) is 115 Å². The minimum Gasteiger partial charge on any atom is -0.486 e. The zero-order valence-electron chi connectivity index (χ0n) is 15.1. The van der Waals surface area contributed by atoms with Crippen molar-refractivity contribution in [3.63, 3.8) is 0 Å². The molecule has 1 aromatic heterocycles. The molecule has 0 spiro atoms. The summed E-state index contributed by atoms with van der Waals surface area (Å²) in [6.07, 6.45) is -0.419. The zero-order chi connectivity index (χ0) is 19.5. The highest BCUT2D eigenvalue weighted by Crippen LogP contribution is 2.31. The number of aromatic amines is 1. The average Bonchev–Trinajstić information content (AvgIpc) is 3.09. The summed E-state index contributed by atoms with van der Waals surface area (Å²) in [6, 6.07) is 10.6. The van der Waals surface area contributed by atoms with E-state index >= 15 is 0 Å². The number of fused-ring (bicyclic) bond motifs is 2. The number of ether oxygens (including phenoxy) is 3. The number of hydrogen-bond acceptors (Lipinski definition) is 6. The Kier molecular flexibility index (Phi) is 4.71. The molecular weight excluding hydrogens is 364 g/mol. The third-order valence-corrected chi connectivity index (χ3v) is 4.22. The van der Waals surface area contributed by atoms with Crippen molar-refractivity contribution in [2.24, 2.45) is 0 Å². The molecule has 0 unspecified atom stereocenters. The fraction of sp³-hybridized carbons (Fsp3) is 0.211. The van der Waals surface area contributed by atoms with E-state index in [4.69, 9.17) is 9.47 Å². The van der Waals surface area contributed by atoms with Gasteiger partial charge in [0.1, 0.15) is 13.2 Å². The van der Waals surface area contributed by atoms with Crippen LogP contribution >= 0.6 is 0 Å². The van der Waals surface area contributed by atoms with Gasteiger partial charge in [0, 0.05) is 11.1 Å². The molecule has 9 nitrogen and oxygen atoms in total. The molecule has 2 heterocycles. The van der Waals surface area contributed by atoms with Gasteiger partial charge in [0.25, 0.3) is 0 Å². The summed E-state index contributed by atoms with van der Waals surface area (Å²) in [5.74, 6) is 1.47. The molecule has 28 heavy (non-hydrogen) atoms. The van der Waals surface area contributed by atoms with Crippen LogP contribution < -0.4 is 20.1 Å². The molecule has 1 aliphatic heterocycles. The Balaban J connectivity index is 1.49. The minimum atomic E-state index is -0.577. The van der Waals surface area contributed by atoms with E-state index in [9.17, 15) is 9.59 Å². The lowest BCUT2D eigenvalue weighted by molar-refractivity contribution is -0.115. The van der Waals surface area contributed by atoms with Crippen molar-refractivity contribution in [1.29, 1.82) is 0 Å². The normalized spacial score (nSPS) is 12.5. The average molecular weight is 382 g/mol. The summed E-state index contributed by atoms with van der Waals surface area (Å²) >= 11 is 0. The number of nitrogens with one attached hydrogen (secondary N) is 3. The van der Waals surface area contributed by atoms with Gasteiger partial charge in [-0.25, -0.2) is 4.79 Å². The molecule has 0 bridgehead atoms. The van der Waals surface area contributed by atoms with Gasteiger partial charge in [-0.2, -0.15) is 5.10 Å². The Hall–Kier alpha value is -3.75. The summed E-state index contributed by atoms with van der Waals surface area (Å²) in [5.41, 5.74) is 2.06. The number of carbonyl (C=O) groups is 2. The maximum absolute atomic E-state index is 12.5. The van der Waals surface area contributed by atoms with Crippen LogP contribution in [0.15, 0.2) is 36.4 Å². The van der Waals surface area contributed by atoms with Gasteiger partial charge in [-0.1, -0.05) is 6.07 Å². The van der Waals surface area contributed by atoms with E-state index in [1.54, 1.807) is 30.3 Å². The van der Waals surface area contributed by atoms with Crippen molar-refractivity contribution in [2.75, 3.05) is 31.0 Å². The lowest BCUT2D eigenvalue weighted by atomic mass is 10.1. The molecule has 0 saturated carbocycles. The predicted octanol–water partition coefficient (Wildman–Crippen LogP) is 2.69. The fourth-order valence-corrected chi connectivity index (χ4v) is 2.92. The number of benzene rings is 2. The molecule has 2 aromatic carbocycles. The maximum Gasteiger partial charge on any atom is 0.411 e. The predicted molar refractivity (Wildman–Crippen MR) is 102 cm³/mol. The van der Waals surface area contributed by atoms with Gasteiger partial charge < -0.3 is 19.5 Å². The van der Waals surface area contributed by atoms with E-state index in [1.807, 2.05) is 6.07 Å². The molecule has 0 aliphatic carbocycles. The largest absolute Gasteiger partial charge is 0.486 e. The standard InChI is InChI=1S/C19H18N4O5/c1-26-19(25)20-12-3-4-14-13(10-12)18(23-22-14)21-17(24)9-11-2-5-15-16(8-11)28-7-6-27-15/h2-5,8,10H,6-7,9H2,1H3,(H,20,25)(H2,21,22,23,24). The second kappa shape index (κ2) is 7.47. The van der Waals surface area contributed by atoms with Crippen LogP contribution in [-0.2, 0) is 16.0 Å². The molecule has 3 N–H and O–H groups in total. The first-order valence-electron chi connectivity index (χ1n) is 8.64. The van der Waals surface area contributed by atoms with Crippen LogP contribution in [0.25, 0.3) is 10.9 Å². The Bertz CT molecular complexity index is 1050. The number of rotatable bonds is 4. The van der Waals surface area contributed by atoms with E-state index < -0.39 is 6.09 Å². The molecular formula is C19H18N4O5. The lowest BCUT2D eigenvalue weighted by Crippen LogP contribution is -2.17. The number of hydrogen-bond donors (Lipinski definition) is 3. The van der Waals surface area contributed by atoms with Crippen molar-refractivity contribution >= 4 is 34.4 Å². The van der Waals surface area contributed by atoms with Crippen LogP contribution in [0, 0.1) is 0 Å². The van der Waals surface area contributed by atoms with Crippen molar-refractivity contribution in [2.45, 2.75) is 6.42 Å². The second-order valence-corrected chi connectivity index (χ2v) is 6.15. The Morgan fingerprint density at radius 1 is 1.11 bits per heavy atom. The first-order valence-corrected chi connectivity index (χ1v) is 8.64. The number of anilines is 2. The lowest BCUT2D eigenvalue weighted by Gasteiger charge is -2.18. The maximum atomic E-state index is 12.5. The third kappa shape index (κ3) is 3.68. The summed E-state index contributed by atoms with van der Waals surface area (Å²) in [7, 11) is 1.29. The van der Waals surface area contributed by atoms with Crippen molar-refractivity contribution in [3.8, 4) is 11.5 Å². The van der Waals surface area contributed by atoms with E-state index in [2.05, 4.69) is 25.6 Å². The van der Waals surface area contributed by atoms with Gasteiger partial charge in [0.2, 0.25) is 5.91 Å². The molecule has 2 amide bonds. The number of aromatic nitrogens is 2. The Labute approximate surface area is 160 Å². The van der Waals surface area contributed by atoms with E-state index in [1.165, 1.54) is 7.11 Å². The van der Waals surface area contributed by atoms with Gasteiger partial charge in [-0.3, -0.25) is 15.2 Å². The van der Waals surface area contributed by atoms with Crippen LogP contribution in [-0.4, -0.2) is 42.5 Å².